The Bertz CT molecular complexity index is 876. The van der Waals surface area contributed by atoms with Gasteiger partial charge in [-0.2, -0.15) is 0 Å². The molecule has 1 amide bonds. The third-order valence-electron chi connectivity index (χ3n) is 5.37. The monoisotopic (exact) mass is 438 g/mol. The minimum Gasteiger partial charge on any atom is -0.482 e. The Morgan fingerprint density at radius 3 is 2.48 bits per heavy atom. The van der Waals surface area contributed by atoms with Gasteiger partial charge in [0.2, 0.25) is 0 Å². The van der Waals surface area contributed by atoms with Crippen LogP contribution in [-0.4, -0.2) is 47.5 Å². The predicted molar refractivity (Wildman–Crippen MR) is 114 cm³/mol. The summed E-state index contributed by atoms with van der Waals surface area (Å²) in [5, 5.41) is 0.990. The van der Waals surface area contributed by atoms with E-state index in [-0.39, 0.29) is 30.4 Å². The molecule has 3 rings (SSSR count). The summed E-state index contributed by atoms with van der Waals surface area (Å²) in [5.74, 6) is 0.147. The molecule has 0 radical (unpaired) electrons. The lowest BCUT2D eigenvalue weighted by Crippen LogP contribution is -2.58. The fourth-order valence-electron chi connectivity index (χ4n) is 3.56. The highest BCUT2D eigenvalue weighted by atomic mass is 35.5. The summed E-state index contributed by atoms with van der Waals surface area (Å²) >= 11 is 12.3. The zero-order valence-corrected chi connectivity index (χ0v) is 18.3. The topological polar surface area (TPSA) is 32.8 Å². The summed E-state index contributed by atoms with van der Waals surface area (Å²) in [4.78, 5) is 16.9. The van der Waals surface area contributed by atoms with E-state index in [0.29, 0.717) is 22.3 Å². The van der Waals surface area contributed by atoms with Crippen LogP contribution >= 0.6 is 23.2 Å². The van der Waals surface area contributed by atoms with E-state index in [0.717, 1.165) is 24.2 Å². The molecule has 0 spiro atoms. The first kappa shape index (κ1) is 21.9. The fourth-order valence-corrected chi connectivity index (χ4v) is 3.99. The van der Waals surface area contributed by atoms with Gasteiger partial charge in [-0.1, -0.05) is 35.3 Å². The molecule has 2 aromatic rings. The van der Waals surface area contributed by atoms with Crippen molar-refractivity contribution in [2.45, 2.75) is 39.4 Å². The number of amides is 1. The Labute approximate surface area is 181 Å². The van der Waals surface area contributed by atoms with Crippen LogP contribution in [0.3, 0.4) is 0 Å². The van der Waals surface area contributed by atoms with Gasteiger partial charge in [0, 0.05) is 36.7 Å². The smallest absolute Gasteiger partial charge is 0.260 e. The fraction of sp³-hybridized carbons (Fsp3) is 0.409. The first-order valence-corrected chi connectivity index (χ1v) is 10.4. The van der Waals surface area contributed by atoms with Gasteiger partial charge in [0.25, 0.3) is 5.91 Å². The Morgan fingerprint density at radius 1 is 1.10 bits per heavy atom. The summed E-state index contributed by atoms with van der Waals surface area (Å²) < 4.78 is 18.8. The molecule has 1 fully saturated rings. The predicted octanol–water partition coefficient (Wildman–Crippen LogP) is 4.94. The van der Waals surface area contributed by atoms with Crippen LogP contribution in [0.25, 0.3) is 0 Å². The number of piperazine rings is 1. The van der Waals surface area contributed by atoms with Crippen molar-refractivity contribution in [3.8, 4) is 5.75 Å². The van der Waals surface area contributed by atoms with E-state index in [1.165, 1.54) is 12.1 Å². The summed E-state index contributed by atoms with van der Waals surface area (Å²) in [5.41, 5.74) is 1.79. The maximum absolute atomic E-state index is 13.1. The first-order chi connectivity index (χ1) is 13.8. The second-order valence-corrected chi connectivity index (χ2v) is 8.36. The van der Waals surface area contributed by atoms with Crippen molar-refractivity contribution < 1.29 is 13.9 Å². The van der Waals surface area contributed by atoms with Gasteiger partial charge in [0.15, 0.2) is 6.61 Å². The Balaban J connectivity index is 1.58. The highest BCUT2D eigenvalue weighted by molar-refractivity contribution is 6.36. The van der Waals surface area contributed by atoms with Gasteiger partial charge in [-0.05, 0) is 56.2 Å². The van der Waals surface area contributed by atoms with Gasteiger partial charge in [0.05, 0.1) is 5.02 Å². The number of carbonyl (C=O) groups excluding carboxylic acids is 1. The Hall–Kier alpha value is -1.82. The molecule has 156 valence electrons. The third-order valence-corrected chi connectivity index (χ3v) is 6.25. The molecule has 1 aliphatic rings. The molecule has 0 aliphatic carbocycles. The van der Waals surface area contributed by atoms with Crippen LogP contribution in [0.15, 0.2) is 36.4 Å². The minimum atomic E-state index is -0.235. The lowest BCUT2D eigenvalue weighted by Gasteiger charge is -2.44. The van der Waals surface area contributed by atoms with Crippen LogP contribution in [0.5, 0.6) is 5.75 Å². The standard InChI is InChI=1S/C22H25Cl2FN2O2/c1-14-11-27(15(2)10-26(14)12-17-4-6-18(25)7-5-17)21(28)13-29-20-9-8-19(23)16(3)22(20)24/h4-9,14-15H,10-13H2,1-3H3/t14-,15+/m1/s1. The van der Waals surface area contributed by atoms with Gasteiger partial charge in [-0.15, -0.1) is 0 Å². The molecule has 7 heteroatoms. The molecule has 0 saturated carbocycles. The number of hydrogen-bond acceptors (Lipinski definition) is 3. The van der Waals surface area contributed by atoms with Gasteiger partial charge >= 0.3 is 0 Å². The van der Waals surface area contributed by atoms with Crippen molar-refractivity contribution in [1.29, 1.82) is 0 Å². The Morgan fingerprint density at radius 2 is 1.79 bits per heavy atom. The molecule has 4 nitrogen and oxygen atoms in total. The number of benzene rings is 2. The molecule has 0 bridgehead atoms. The number of carbonyl (C=O) groups is 1. The molecule has 0 N–H and O–H groups in total. The summed E-state index contributed by atoms with van der Waals surface area (Å²) in [6.45, 7) is 7.93. The van der Waals surface area contributed by atoms with E-state index >= 15 is 0 Å². The number of nitrogens with zero attached hydrogens (tertiary/aromatic N) is 2. The number of rotatable bonds is 5. The van der Waals surface area contributed by atoms with Crippen molar-refractivity contribution >= 4 is 29.1 Å². The quantitative estimate of drug-likeness (QED) is 0.662. The number of hydrogen-bond donors (Lipinski definition) is 0. The van der Waals surface area contributed by atoms with Crippen LogP contribution in [0.1, 0.15) is 25.0 Å². The van der Waals surface area contributed by atoms with Crippen molar-refractivity contribution in [2.75, 3.05) is 19.7 Å². The maximum Gasteiger partial charge on any atom is 0.260 e. The van der Waals surface area contributed by atoms with Crippen molar-refractivity contribution in [3.05, 3.63) is 63.4 Å². The average molecular weight is 439 g/mol. The van der Waals surface area contributed by atoms with Crippen LogP contribution in [0.2, 0.25) is 10.0 Å². The van der Waals surface area contributed by atoms with Crippen molar-refractivity contribution in [2.24, 2.45) is 0 Å². The summed E-state index contributed by atoms with van der Waals surface area (Å²) in [6, 6.07) is 10.2. The largest absolute Gasteiger partial charge is 0.482 e. The molecular formula is C22H25Cl2FN2O2. The second kappa shape index (κ2) is 9.33. The molecular weight excluding hydrogens is 414 g/mol. The highest BCUT2D eigenvalue weighted by Crippen LogP contribution is 2.32. The molecule has 1 saturated heterocycles. The molecule has 1 aliphatic heterocycles. The van der Waals surface area contributed by atoms with E-state index in [9.17, 15) is 9.18 Å². The van der Waals surface area contributed by atoms with Crippen molar-refractivity contribution in [1.82, 2.24) is 9.80 Å². The molecule has 0 unspecified atom stereocenters. The van der Waals surface area contributed by atoms with Crippen molar-refractivity contribution in [3.63, 3.8) is 0 Å². The van der Waals surface area contributed by atoms with Crippen LogP contribution in [0, 0.1) is 12.7 Å². The van der Waals surface area contributed by atoms with E-state index < -0.39 is 0 Å². The van der Waals surface area contributed by atoms with E-state index in [2.05, 4.69) is 11.8 Å². The van der Waals surface area contributed by atoms with E-state index in [4.69, 9.17) is 27.9 Å². The molecule has 29 heavy (non-hydrogen) atoms. The van der Waals surface area contributed by atoms with E-state index in [1.807, 2.05) is 18.7 Å². The Kier molecular flexibility index (Phi) is 7.04. The third kappa shape index (κ3) is 5.21. The van der Waals surface area contributed by atoms with Crippen LogP contribution < -0.4 is 4.74 Å². The summed E-state index contributed by atoms with van der Waals surface area (Å²) in [7, 11) is 0. The normalized spacial score (nSPS) is 20.0. The van der Waals surface area contributed by atoms with E-state index in [1.54, 1.807) is 24.3 Å². The molecule has 0 aromatic heterocycles. The molecule has 2 atom stereocenters. The highest BCUT2D eigenvalue weighted by Gasteiger charge is 2.32. The maximum atomic E-state index is 13.1. The molecule has 2 aromatic carbocycles. The SMILES string of the molecule is Cc1c(Cl)ccc(OCC(=O)N2C[C@@H](C)N(Cc3ccc(F)cc3)C[C@@H]2C)c1Cl. The summed E-state index contributed by atoms with van der Waals surface area (Å²) in [6.07, 6.45) is 0. The lowest BCUT2D eigenvalue weighted by molar-refractivity contribution is -0.139. The molecule has 1 heterocycles. The minimum absolute atomic E-state index is 0.0465. The zero-order valence-electron chi connectivity index (χ0n) is 16.8. The van der Waals surface area contributed by atoms with Crippen LogP contribution in [-0.2, 0) is 11.3 Å². The number of halogens is 3. The zero-order chi connectivity index (χ0) is 21.1. The lowest BCUT2D eigenvalue weighted by atomic mass is 10.1. The van der Waals surface area contributed by atoms with Gasteiger partial charge < -0.3 is 9.64 Å². The van der Waals surface area contributed by atoms with Gasteiger partial charge in [0.1, 0.15) is 11.6 Å². The van der Waals surface area contributed by atoms with Gasteiger partial charge in [-0.25, -0.2) is 4.39 Å². The van der Waals surface area contributed by atoms with Gasteiger partial charge in [-0.3, -0.25) is 9.69 Å². The number of ether oxygens (including phenoxy) is 1. The first-order valence-electron chi connectivity index (χ1n) is 9.61. The van der Waals surface area contributed by atoms with Crippen LogP contribution in [0.4, 0.5) is 4.39 Å². The average Bonchev–Trinajstić information content (AvgIpc) is 2.69. The second-order valence-electron chi connectivity index (χ2n) is 7.57.